The quantitative estimate of drug-likeness (QED) is 0.932. The minimum absolute atomic E-state index is 0.195. The number of hydrogen-bond donors (Lipinski definition) is 1. The zero-order chi connectivity index (χ0) is 15.5. The van der Waals surface area contributed by atoms with Gasteiger partial charge in [-0.25, -0.2) is 0 Å². The summed E-state index contributed by atoms with van der Waals surface area (Å²) in [4.78, 5) is 17.4. The average molecular weight is 301 g/mol. The second-order valence-corrected chi connectivity index (χ2v) is 6.69. The lowest BCUT2D eigenvalue weighted by molar-refractivity contribution is 0.0694. The van der Waals surface area contributed by atoms with Gasteiger partial charge in [0.15, 0.2) is 0 Å². The van der Waals surface area contributed by atoms with Gasteiger partial charge in [-0.1, -0.05) is 11.6 Å². The molecule has 2 heterocycles. The molecule has 2 N–H and O–H groups in total. The summed E-state index contributed by atoms with van der Waals surface area (Å²) in [5, 5.41) is 0. The molecule has 4 heteroatoms. The Hall–Kier alpha value is -1.55. The third kappa shape index (κ3) is 3.12. The van der Waals surface area contributed by atoms with Crippen LogP contribution in [0.3, 0.4) is 0 Å². The first kappa shape index (κ1) is 15.3. The fourth-order valence-electron chi connectivity index (χ4n) is 3.60. The van der Waals surface area contributed by atoms with E-state index >= 15 is 0 Å². The molecule has 0 aliphatic carbocycles. The summed E-state index contributed by atoms with van der Waals surface area (Å²) in [7, 11) is 0. The van der Waals surface area contributed by atoms with Crippen LogP contribution in [0.2, 0.25) is 0 Å². The molecule has 120 valence electrons. The first-order chi connectivity index (χ1) is 10.7. The predicted molar refractivity (Wildman–Crippen MR) is 90.3 cm³/mol. The van der Waals surface area contributed by atoms with Crippen LogP contribution in [0, 0.1) is 12.8 Å². The summed E-state index contributed by atoms with van der Waals surface area (Å²) in [6.45, 7) is 6.62. The number of carbonyl (C=O) groups is 1. The van der Waals surface area contributed by atoms with Crippen molar-refractivity contribution in [2.24, 2.45) is 11.7 Å². The summed E-state index contributed by atoms with van der Waals surface area (Å²) in [5.74, 6) is 0.778. The van der Waals surface area contributed by atoms with Crippen molar-refractivity contribution in [3.8, 4) is 0 Å². The van der Waals surface area contributed by atoms with E-state index < -0.39 is 0 Å². The van der Waals surface area contributed by atoms with E-state index in [9.17, 15) is 4.79 Å². The number of aryl methyl sites for hydroxylation is 1. The van der Waals surface area contributed by atoms with Crippen LogP contribution in [0.25, 0.3) is 0 Å². The van der Waals surface area contributed by atoms with E-state index in [1.165, 1.54) is 12.8 Å². The van der Waals surface area contributed by atoms with Gasteiger partial charge in [-0.3, -0.25) is 4.79 Å². The Bertz CT molecular complexity index is 529. The second-order valence-electron chi connectivity index (χ2n) is 6.69. The summed E-state index contributed by atoms with van der Waals surface area (Å²) < 4.78 is 0. The number of carbonyl (C=O) groups excluding carboxylic acids is 1. The van der Waals surface area contributed by atoms with E-state index in [4.69, 9.17) is 5.73 Å². The highest BCUT2D eigenvalue weighted by atomic mass is 16.2. The summed E-state index contributed by atoms with van der Waals surface area (Å²) in [5.41, 5.74) is 8.91. The summed E-state index contributed by atoms with van der Waals surface area (Å²) in [6.07, 6.45) is 4.52. The second kappa shape index (κ2) is 6.69. The number of benzene rings is 1. The maximum Gasteiger partial charge on any atom is 0.255 e. The SMILES string of the molecule is Cc1ccc(N2CCCC2)c(C(=O)N2CCC(CN)CC2)c1. The molecule has 0 aromatic heterocycles. The number of rotatable bonds is 3. The molecular weight excluding hydrogens is 274 g/mol. The van der Waals surface area contributed by atoms with Crippen molar-refractivity contribution in [3.63, 3.8) is 0 Å². The van der Waals surface area contributed by atoms with E-state index in [0.717, 1.165) is 62.4 Å². The molecule has 1 aromatic rings. The molecule has 2 fully saturated rings. The van der Waals surface area contributed by atoms with Crippen LogP contribution in [0.4, 0.5) is 5.69 Å². The highest BCUT2D eigenvalue weighted by Gasteiger charge is 2.26. The Morgan fingerprint density at radius 1 is 1.18 bits per heavy atom. The van der Waals surface area contributed by atoms with Crippen LogP contribution >= 0.6 is 0 Å². The largest absolute Gasteiger partial charge is 0.371 e. The lowest BCUT2D eigenvalue weighted by atomic mass is 9.96. The molecule has 2 saturated heterocycles. The van der Waals surface area contributed by atoms with Crippen molar-refractivity contribution in [1.82, 2.24) is 4.90 Å². The topological polar surface area (TPSA) is 49.6 Å². The molecule has 3 rings (SSSR count). The molecule has 1 amide bonds. The van der Waals surface area contributed by atoms with E-state index in [0.29, 0.717) is 5.92 Å². The van der Waals surface area contributed by atoms with Crippen molar-refractivity contribution < 1.29 is 4.79 Å². The molecule has 0 spiro atoms. The van der Waals surface area contributed by atoms with Gasteiger partial charge in [-0.15, -0.1) is 0 Å². The lowest BCUT2D eigenvalue weighted by Gasteiger charge is -2.32. The zero-order valence-corrected chi connectivity index (χ0v) is 13.6. The molecule has 4 nitrogen and oxygen atoms in total. The first-order valence-electron chi connectivity index (χ1n) is 8.54. The molecule has 1 aromatic carbocycles. The first-order valence-corrected chi connectivity index (χ1v) is 8.54. The van der Waals surface area contributed by atoms with Gasteiger partial charge in [0.25, 0.3) is 5.91 Å². The molecule has 0 bridgehead atoms. The highest BCUT2D eigenvalue weighted by molar-refractivity contribution is 6.00. The van der Waals surface area contributed by atoms with Gasteiger partial charge >= 0.3 is 0 Å². The van der Waals surface area contributed by atoms with Crippen LogP contribution in [-0.2, 0) is 0 Å². The van der Waals surface area contributed by atoms with Gasteiger partial charge in [0.2, 0.25) is 0 Å². The van der Waals surface area contributed by atoms with Crippen molar-refractivity contribution in [1.29, 1.82) is 0 Å². The molecule has 0 saturated carbocycles. The van der Waals surface area contributed by atoms with Crippen molar-refractivity contribution in [2.75, 3.05) is 37.6 Å². The maximum absolute atomic E-state index is 13.0. The minimum atomic E-state index is 0.195. The molecular formula is C18H27N3O. The minimum Gasteiger partial charge on any atom is -0.371 e. The number of piperidine rings is 1. The molecule has 0 atom stereocenters. The van der Waals surface area contributed by atoms with Gasteiger partial charge in [0, 0.05) is 31.9 Å². The number of nitrogens with two attached hydrogens (primary N) is 1. The van der Waals surface area contributed by atoms with Crippen LogP contribution in [0.15, 0.2) is 18.2 Å². The Kier molecular flexibility index (Phi) is 4.67. The van der Waals surface area contributed by atoms with E-state index in [2.05, 4.69) is 30.0 Å². The lowest BCUT2D eigenvalue weighted by Crippen LogP contribution is -2.40. The van der Waals surface area contributed by atoms with Crippen LogP contribution in [0.5, 0.6) is 0 Å². The smallest absolute Gasteiger partial charge is 0.255 e. The molecule has 2 aliphatic rings. The van der Waals surface area contributed by atoms with Crippen LogP contribution in [-0.4, -0.2) is 43.5 Å². The Morgan fingerprint density at radius 3 is 2.50 bits per heavy atom. The number of likely N-dealkylation sites (tertiary alicyclic amines) is 1. The van der Waals surface area contributed by atoms with Gasteiger partial charge in [0.1, 0.15) is 0 Å². The van der Waals surface area contributed by atoms with Crippen molar-refractivity contribution in [3.05, 3.63) is 29.3 Å². The Morgan fingerprint density at radius 2 is 1.86 bits per heavy atom. The van der Waals surface area contributed by atoms with Gasteiger partial charge < -0.3 is 15.5 Å². The summed E-state index contributed by atoms with van der Waals surface area (Å²) >= 11 is 0. The van der Waals surface area contributed by atoms with E-state index in [1.807, 2.05) is 4.90 Å². The number of hydrogen-bond acceptors (Lipinski definition) is 3. The van der Waals surface area contributed by atoms with Gasteiger partial charge in [0.05, 0.1) is 5.56 Å². The maximum atomic E-state index is 13.0. The average Bonchev–Trinajstić information content (AvgIpc) is 3.08. The van der Waals surface area contributed by atoms with Gasteiger partial charge in [-0.2, -0.15) is 0 Å². The number of amides is 1. The summed E-state index contributed by atoms with van der Waals surface area (Å²) in [6, 6.07) is 6.30. The predicted octanol–water partition coefficient (Wildman–Crippen LogP) is 2.41. The third-order valence-electron chi connectivity index (χ3n) is 5.06. The molecule has 2 aliphatic heterocycles. The number of nitrogens with zero attached hydrogens (tertiary/aromatic N) is 2. The van der Waals surface area contributed by atoms with Gasteiger partial charge in [-0.05, 0) is 57.2 Å². The van der Waals surface area contributed by atoms with Crippen molar-refractivity contribution in [2.45, 2.75) is 32.6 Å². The Labute approximate surface area is 133 Å². The standard InChI is InChI=1S/C18H27N3O/c1-14-4-5-17(20-8-2-3-9-20)16(12-14)18(22)21-10-6-15(13-19)7-11-21/h4-5,12,15H,2-3,6-11,13,19H2,1H3. The van der Waals surface area contributed by atoms with Crippen LogP contribution < -0.4 is 10.6 Å². The highest BCUT2D eigenvalue weighted by Crippen LogP contribution is 2.28. The molecule has 0 radical (unpaired) electrons. The monoisotopic (exact) mass is 301 g/mol. The molecule has 22 heavy (non-hydrogen) atoms. The number of anilines is 1. The van der Waals surface area contributed by atoms with E-state index in [-0.39, 0.29) is 5.91 Å². The normalized spacial score (nSPS) is 19.7. The van der Waals surface area contributed by atoms with Crippen molar-refractivity contribution >= 4 is 11.6 Å². The Balaban J connectivity index is 1.80. The zero-order valence-electron chi connectivity index (χ0n) is 13.6. The fraction of sp³-hybridized carbons (Fsp3) is 0.611. The fourth-order valence-corrected chi connectivity index (χ4v) is 3.60. The molecule has 0 unspecified atom stereocenters. The van der Waals surface area contributed by atoms with Crippen LogP contribution in [0.1, 0.15) is 41.6 Å². The third-order valence-corrected chi connectivity index (χ3v) is 5.06. The van der Waals surface area contributed by atoms with E-state index in [1.54, 1.807) is 0 Å².